The lowest BCUT2D eigenvalue weighted by Gasteiger charge is -2.29. The Morgan fingerprint density at radius 1 is 1.28 bits per heavy atom. The molecule has 3 rings (SSSR count). The molecule has 1 aromatic heterocycles. The normalized spacial score (nSPS) is 20.2. The highest BCUT2D eigenvalue weighted by Gasteiger charge is 2.26. The Morgan fingerprint density at radius 3 is 2.60 bits per heavy atom. The maximum atomic E-state index is 11.4. The molecule has 1 heterocycles. The smallest absolute Gasteiger partial charge is 0.404 e. The zero-order chi connectivity index (χ0) is 18.0. The van der Waals surface area contributed by atoms with Gasteiger partial charge in [0.25, 0.3) is 0 Å². The molecule has 3 N–H and O–H groups in total. The first-order valence-corrected chi connectivity index (χ1v) is 8.72. The molecular weight excluding hydrogens is 392 g/mol. The largest absolute Gasteiger partial charge is 0.465 e. The number of benzene rings is 1. The number of pyridine rings is 1. The first-order chi connectivity index (χ1) is 11.9. The Morgan fingerprint density at radius 2 is 1.96 bits per heavy atom. The molecule has 9 heteroatoms. The van der Waals surface area contributed by atoms with Gasteiger partial charge in [0.2, 0.25) is 0 Å². The molecule has 2 aromatic rings. The third-order valence-electron chi connectivity index (χ3n) is 4.41. The van der Waals surface area contributed by atoms with Gasteiger partial charge in [-0.3, -0.25) is 10.1 Å². The molecule has 0 unspecified atom stereocenters. The van der Waals surface area contributed by atoms with Gasteiger partial charge in [0.05, 0.1) is 10.4 Å². The summed E-state index contributed by atoms with van der Waals surface area (Å²) < 4.78 is 0.819. The number of rotatable bonds is 4. The van der Waals surface area contributed by atoms with Crippen molar-refractivity contribution in [2.45, 2.75) is 37.8 Å². The zero-order valence-electron chi connectivity index (χ0n) is 13.2. The van der Waals surface area contributed by atoms with Crippen LogP contribution in [0.4, 0.5) is 16.2 Å². The first kappa shape index (κ1) is 17.4. The van der Waals surface area contributed by atoms with Gasteiger partial charge in [-0.25, -0.2) is 9.78 Å². The molecule has 0 atom stereocenters. The van der Waals surface area contributed by atoms with Gasteiger partial charge in [0.15, 0.2) is 0 Å². The summed E-state index contributed by atoms with van der Waals surface area (Å²) in [7, 11) is 0. The molecule has 1 saturated carbocycles. The number of carboxylic acid groups (broad SMARTS) is 1. The quantitative estimate of drug-likeness (QED) is 0.521. The highest BCUT2D eigenvalue weighted by atomic mass is 79.9. The van der Waals surface area contributed by atoms with Gasteiger partial charge >= 0.3 is 11.8 Å². The van der Waals surface area contributed by atoms with E-state index in [9.17, 15) is 14.9 Å². The molecule has 0 radical (unpaired) electrons. The fourth-order valence-corrected chi connectivity index (χ4v) is 3.57. The van der Waals surface area contributed by atoms with Crippen molar-refractivity contribution in [3.05, 3.63) is 39.0 Å². The Hall–Kier alpha value is -2.42. The van der Waals surface area contributed by atoms with Crippen LogP contribution in [0.5, 0.6) is 0 Å². The number of fused-ring (bicyclic) bond motifs is 1. The SMILES string of the molecule is O=C(O)NC1CCC(Nc2c([N+](=O)[O-])cnc3ccc(Br)cc23)CC1. The second-order valence-corrected chi connectivity index (χ2v) is 7.00. The molecule has 1 fully saturated rings. The molecule has 1 aliphatic carbocycles. The van der Waals surface area contributed by atoms with E-state index in [1.54, 1.807) is 0 Å². The van der Waals surface area contributed by atoms with Gasteiger partial charge in [0, 0.05) is 21.9 Å². The summed E-state index contributed by atoms with van der Waals surface area (Å²) in [5.74, 6) is 0. The van der Waals surface area contributed by atoms with Crippen molar-refractivity contribution in [2.24, 2.45) is 0 Å². The summed E-state index contributed by atoms with van der Waals surface area (Å²) in [4.78, 5) is 25.9. The van der Waals surface area contributed by atoms with E-state index in [0.29, 0.717) is 29.4 Å². The van der Waals surface area contributed by atoms with E-state index in [0.717, 1.165) is 17.3 Å². The molecule has 1 amide bonds. The molecule has 0 aliphatic heterocycles. The molecule has 132 valence electrons. The van der Waals surface area contributed by atoms with Crippen molar-refractivity contribution in [3.63, 3.8) is 0 Å². The molecule has 1 aliphatic rings. The van der Waals surface area contributed by atoms with Crippen LogP contribution in [0.25, 0.3) is 10.9 Å². The highest BCUT2D eigenvalue weighted by molar-refractivity contribution is 9.10. The topological polar surface area (TPSA) is 117 Å². The van der Waals surface area contributed by atoms with E-state index in [1.165, 1.54) is 6.20 Å². The number of nitrogens with zero attached hydrogens (tertiary/aromatic N) is 2. The number of hydrogen-bond acceptors (Lipinski definition) is 5. The van der Waals surface area contributed by atoms with Crippen LogP contribution in [0.1, 0.15) is 25.7 Å². The molecule has 8 nitrogen and oxygen atoms in total. The van der Waals surface area contributed by atoms with Gasteiger partial charge in [0.1, 0.15) is 11.9 Å². The van der Waals surface area contributed by atoms with Crippen LogP contribution in [0.3, 0.4) is 0 Å². The van der Waals surface area contributed by atoms with Crippen molar-refractivity contribution in [2.75, 3.05) is 5.32 Å². The monoisotopic (exact) mass is 408 g/mol. The highest BCUT2D eigenvalue weighted by Crippen LogP contribution is 2.35. The predicted octanol–water partition coefficient (Wildman–Crippen LogP) is 3.90. The van der Waals surface area contributed by atoms with E-state index in [1.807, 2.05) is 18.2 Å². The molecule has 0 bridgehead atoms. The lowest BCUT2D eigenvalue weighted by atomic mass is 9.91. The summed E-state index contributed by atoms with van der Waals surface area (Å²) >= 11 is 3.39. The summed E-state index contributed by atoms with van der Waals surface area (Å²) in [5.41, 5.74) is 1.08. The Kier molecular flexibility index (Phi) is 5.03. The van der Waals surface area contributed by atoms with Crippen molar-refractivity contribution in [1.29, 1.82) is 0 Å². The Bertz CT molecular complexity index is 821. The second-order valence-electron chi connectivity index (χ2n) is 6.08. The van der Waals surface area contributed by atoms with Crippen LogP contribution in [0.15, 0.2) is 28.9 Å². The van der Waals surface area contributed by atoms with Crippen LogP contribution in [0.2, 0.25) is 0 Å². The van der Waals surface area contributed by atoms with E-state index < -0.39 is 11.0 Å². The number of anilines is 1. The average Bonchev–Trinajstić information content (AvgIpc) is 2.56. The fraction of sp³-hybridized carbons (Fsp3) is 0.375. The summed E-state index contributed by atoms with van der Waals surface area (Å²) in [6.45, 7) is 0. The lowest BCUT2D eigenvalue weighted by Crippen LogP contribution is -2.39. The van der Waals surface area contributed by atoms with Gasteiger partial charge in [-0.05, 0) is 43.9 Å². The van der Waals surface area contributed by atoms with Gasteiger partial charge in [-0.15, -0.1) is 0 Å². The zero-order valence-corrected chi connectivity index (χ0v) is 14.8. The second kappa shape index (κ2) is 7.22. The van der Waals surface area contributed by atoms with Crippen molar-refractivity contribution >= 4 is 44.3 Å². The lowest BCUT2D eigenvalue weighted by molar-refractivity contribution is -0.384. The van der Waals surface area contributed by atoms with E-state index in [4.69, 9.17) is 5.11 Å². The third kappa shape index (κ3) is 3.98. The number of nitro groups is 1. The van der Waals surface area contributed by atoms with E-state index in [2.05, 4.69) is 31.5 Å². The van der Waals surface area contributed by atoms with Gasteiger partial charge in [-0.1, -0.05) is 15.9 Å². The number of amides is 1. The maximum absolute atomic E-state index is 11.4. The first-order valence-electron chi connectivity index (χ1n) is 7.92. The Balaban J connectivity index is 1.85. The minimum atomic E-state index is -1.02. The Labute approximate surface area is 151 Å². The van der Waals surface area contributed by atoms with E-state index in [-0.39, 0.29) is 17.8 Å². The third-order valence-corrected chi connectivity index (χ3v) is 4.90. The van der Waals surface area contributed by atoms with Crippen molar-refractivity contribution in [3.8, 4) is 0 Å². The van der Waals surface area contributed by atoms with Crippen molar-refractivity contribution < 1.29 is 14.8 Å². The number of aromatic nitrogens is 1. The predicted molar refractivity (Wildman–Crippen MR) is 96.9 cm³/mol. The number of halogens is 1. The molecule has 0 spiro atoms. The average molecular weight is 409 g/mol. The van der Waals surface area contributed by atoms with Crippen LogP contribution in [-0.4, -0.2) is 33.2 Å². The molecule has 25 heavy (non-hydrogen) atoms. The van der Waals surface area contributed by atoms with Crippen LogP contribution < -0.4 is 10.6 Å². The standard InChI is InChI=1S/C16H17BrN4O4/c17-9-1-6-13-12(7-9)15(14(8-18-13)21(24)25)19-10-2-4-11(5-3-10)20-16(22)23/h1,6-8,10-11,20H,2-5H2,(H,18,19)(H,22,23). The number of nitrogens with one attached hydrogen (secondary N) is 2. The van der Waals surface area contributed by atoms with Crippen LogP contribution in [0, 0.1) is 10.1 Å². The fourth-order valence-electron chi connectivity index (χ4n) is 3.21. The molecular formula is C16H17BrN4O4. The minimum absolute atomic E-state index is 0.0510. The number of hydrogen-bond donors (Lipinski definition) is 3. The summed E-state index contributed by atoms with van der Waals surface area (Å²) in [5, 5.41) is 26.7. The van der Waals surface area contributed by atoms with Crippen LogP contribution >= 0.6 is 15.9 Å². The minimum Gasteiger partial charge on any atom is -0.465 e. The number of carbonyl (C=O) groups is 1. The van der Waals surface area contributed by atoms with Crippen LogP contribution in [-0.2, 0) is 0 Å². The summed E-state index contributed by atoms with van der Waals surface area (Å²) in [6, 6.07) is 5.45. The van der Waals surface area contributed by atoms with Gasteiger partial charge in [-0.2, -0.15) is 0 Å². The van der Waals surface area contributed by atoms with E-state index >= 15 is 0 Å². The van der Waals surface area contributed by atoms with Gasteiger partial charge < -0.3 is 15.7 Å². The maximum Gasteiger partial charge on any atom is 0.404 e. The molecule has 1 aromatic carbocycles. The van der Waals surface area contributed by atoms with Crippen molar-refractivity contribution in [1.82, 2.24) is 10.3 Å². The molecule has 0 saturated heterocycles. The summed E-state index contributed by atoms with van der Waals surface area (Å²) in [6.07, 6.45) is 3.13.